The van der Waals surface area contributed by atoms with Crippen LogP contribution in [0.3, 0.4) is 0 Å². The van der Waals surface area contributed by atoms with E-state index in [4.69, 9.17) is 4.74 Å². The standard InChI is InChI=1S/C20H18N2O3/c1-3-25-19-10-4-15(5-11-19)12-17(13-21)20(24)22-18-8-6-16(7-9-18)14(2)23/h4-12H,3H2,1-2H3,(H,22,24)/b17-12+. The molecule has 0 radical (unpaired) electrons. The van der Waals surface area contributed by atoms with E-state index < -0.39 is 5.91 Å². The molecule has 2 rings (SSSR count). The van der Waals surface area contributed by atoms with Crippen molar-refractivity contribution in [2.45, 2.75) is 13.8 Å². The molecule has 126 valence electrons. The van der Waals surface area contributed by atoms with Gasteiger partial charge < -0.3 is 10.1 Å². The smallest absolute Gasteiger partial charge is 0.266 e. The molecule has 0 bridgehead atoms. The molecule has 1 amide bonds. The molecular formula is C20H18N2O3. The fourth-order valence-corrected chi connectivity index (χ4v) is 2.13. The highest BCUT2D eigenvalue weighted by atomic mass is 16.5. The second-order valence-electron chi connectivity index (χ2n) is 5.26. The second kappa shape index (κ2) is 8.46. The van der Waals surface area contributed by atoms with Gasteiger partial charge in [-0.2, -0.15) is 5.26 Å². The number of ketones is 1. The highest BCUT2D eigenvalue weighted by molar-refractivity contribution is 6.09. The van der Waals surface area contributed by atoms with Crippen LogP contribution in [0.2, 0.25) is 0 Å². The molecule has 1 N–H and O–H groups in total. The van der Waals surface area contributed by atoms with E-state index in [2.05, 4.69) is 5.32 Å². The van der Waals surface area contributed by atoms with Crippen LogP contribution in [0.25, 0.3) is 6.08 Å². The molecule has 0 aliphatic carbocycles. The predicted octanol–water partition coefficient (Wildman–Crippen LogP) is 3.83. The Morgan fingerprint density at radius 1 is 1.12 bits per heavy atom. The monoisotopic (exact) mass is 334 g/mol. The summed E-state index contributed by atoms with van der Waals surface area (Å²) in [5, 5.41) is 11.9. The third kappa shape index (κ3) is 5.05. The van der Waals surface area contributed by atoms with Gasteiger partial charge in [-0.3, -0.25) is 9.59 Å². The quantitative estimate of drug-likeness (QED) is 0.494. The summed E-state index contributed by atoms with van der Waals surface area (Å²) >= 11 is 0. The summed E-state index contributed by atoms with van der Waals surface area (Å²) < 4.78 is 5.36. The number of carbonyl (C=O) groups excluding carboxylic acids is 2. The lowest BCUT2D eigenvalue weighted by atomic mass is 10.1. The Labute approximate surface area is 146 Å². The van der Waals surface area contributed by atoms with Gasteiger partial charge in [-0.25, -0.2) is 0 Å². The van der Waals surface area contributed by atoms with Crippen molar-refractivity contribution >= 4 is 23.5 Å². The van der Waals surface area contributed by atoms with E-state index in [9.17, 15) is 14.9 Å². The highest BCUT2D eigenvalue weighted by Gasteiger charge is 2.10. The average molecular weight is 334 g/mol. The van der Waals surface area contributed by atoms with Crippen molar-refractivity contribution in [3.8, 4) is 11.8 Å². The minimum absolute atomic E-state index is 0.0141. The molecular weight excluding hydrogens is 316 g/mol. The van der Waals surface area contributed by atoms with Crippen LogP contribution in [0.15, 0.2) is 54.1 Å². The third-order valence-electron chi connectivity index (χ3n) is 3.42. The largest absolute Gasteiger partial charge is 0.494 e. The minimum atomic E-state index is -0.507. The second-order valence-corrected chi connectivity index (χ2v) is 5.26. The van der Waals surface area contributed by atoms with E-state index in [1.165, 1.54) is 13.0 Å². The molecule has 5 heteroatoms. The van der Waals surface area contributed by atoms with Crippen molar-refractivity contribution in [2.75, 3.05) is 11.9 Å². The van der Waals surface area contributed by atoms with Crippen LogP contribution in [0.1, 0.15) is 29.8 Å². The van der Waals surface area contributed by atoms with Gasteiger partial charge in [0.1, 0.15) is 17.4 Å². The molecule has 0 aromatic heterocycles. The lowest BCUT2D eigenvalue weighted by Gasteiger charge is -2.06. The zero-order chi connectivity index (χ0) is 18.2. The molecule has 0 unspecified atom stereocenters. The number of Topliss-reactive ketones (excluding diaryl/α,β-unsaturated/α-hetero) is 1. The summed E-state index contributed by atoms with van der Waals surface area (Å²) in [6.07, 6.45) is 1.51. The van der Waals surface area contributed by atoms with Crippen molar-refractivity contribution in [1.82, 2.24) is 0 Å². The molecule has 25 heavy (non-hydrogen) atoms. The topological polar surface area (TPSA) is 79.2 Å². The molecule has 0 heterocycles. The van der Waals surface area contributed by atoms with Gasteiger partial charge in [0.15, 0.2) is 5.78 Å². The maximum atomic E-state index is 12.2. The lowest BCUT2D eigenvalue weighted by Crippen LogP contribution is -2.13. The Balaban J connectivity index is 2.12. The van der Waals surface area contributed by atoms with Crippen molar-refractivity contribution in [2.24, 2.45) is 0 Å². The molecule has 5 nitrogen and oxygen atoms in total. The summed E-state index contributed by atoms with van der Waals surface area (Å²) in [6.45, 7) is 3.94. The Morgan fingerprint density at radius 3 is 2.28 bits per heavy atom. The molecule has 0 fully saturated rings. The lowest BCUT2D eigenvalue weighted by molar-refractivity contribution is -0.112. The van der Waals surface area contributed by atoms with Crippen LogP contribution < -0.4 is 10.1 Å². The first-order chi connectivity index (χ1) is 12.0. The Hall–Kier alpha value is -3.39. The highest BCUT2D eigenvalue weighted by Crippen LogP contribution is 2.16. The first kappa shape index (κ1) is 18.0. The first-order valence-electron chi connectivity index (χ1n) is 7.80. The maximum absolute atomic E-state index is 12.2. The number of hydrogen-bond acceptors (Lipinski definition) is 4. The average Bonchev–Trinajstić information content (AvgIpc) is 2.61. The third-order valence-corrected chi connectivity index (χ3v) is 3.42. The fraction of sp³-hybridized carbons (Fsp3) is 0.150. The summed E-state index contributed by atoms with van der Waals surface area (Å²) in [6, 6.07) is 15.5. The summed E-state index contributed by atoms with van der Waals surface area (Å²) in [4.78, 5) is 23.5. The zero-order valence-corrected chi connectivity index (χ0v) is 14.1. The van der Waals surface area contributed by atoms with Crippen molar-refractivity contribution in [1.29, 1.82) is 5.26 Å². The summed E-state index contributed by atoms with van der Waals surface area (Å²) in [5.41, 5.74) is 1.79. The van der Waals surface area contributed by atoms with E-state index in [0.29, 0.717) is 17.9 Å². The minimum Gasteiger partial charge on any atom is -0.494 e. The normalized spacial score (nSPS) is 10.7. The molecule has 0 aliphatic heterocycles. The molecule has 0 atom stereocenters. The number of rotatable bonds is 6. The number of nitriles is 1. The van der Waals surface area contributed by atoms with E-state index in [0.717, 1.165) is 11.3 Å². The number of ether oxygens (including phenoxy) is 1. The van der Waals surface area contributed by atoms with Gasteiger partial charge in [0.05, 0.1) is 6.61 Å². The molecule has 0 spiro atoms. The Kier molecular flexibility index (Phi) is 6.08. The van der Waals surface area contributed by atoms with Crippen molar-refractivity contribution in [3.63, 3.8) is 0 Å². The van der Waals surface area contributed by atoms with Gasteiger partial charge in [0.2, 0.25) is 0 Å². The van der Waals surface area contributed by atoms with Crippen molar-refractivity contribution in [3.05, 3.63) is 65.2 Å². The molecule has 0 aliphatic rings. The Bertz CT molecular complexity index is 829. The van der Waals surface area contributed by atoms with Crippen LogP contribution in [-0.2, 0) is 4.79 Å². The van der Waals surface area contributed by atoms with E-state index in [-0.39, 0.29) is 11.4 Å². The van der Waals surface area contributed by atoms with Crippen LogP contribution in [0.5, 0.6) is 5.75 Å². The van der Waals surface area contributed by atoms with Gasteiger partial charge >= 0.3 is 0 Å². The van der Waals surface area contributed by atoms with E-state index in [1.807, 2.05) is 13.0 Å². The molecule has 2 aromatic rings. The molecule has 0 saturated heterocycles. The molecule has 0 saturated carbocycles. The first-order valence-corrected chi connectivity index (χ1v) is 7.80. The number of nitrogens with one attached hydrogen (secondary N) is 1. The van der Waals surface area contributed by atoms with Crippen molar-refractivity contribution < 1.29 is 14.3 Å². The van der Waals surface area contributed by atoms with Crippen LogP contribution in [-0.4, -0.2) is 18.3 Å². The number of carbonyl (C=O) groups is 2. The molecule has 2 aromatic carbocycles. The number of hydrogen-bond donors (Lipinski definition) is 1. The number of amides is 1. The number of benzene rings is 2. The number of nitrogens with zero attached hydrogens (tertiary/aromatic N) is 1. The van der Waals surface area contributed by atoms with Crippen LogP contribution in [0, 0.1) is 11.3 Å². The SMILES string of the molecule is CCOc1ccc(/C=C(\C#N)C(=O)Nc2ccc(C(C)=O)cc2)cc1. The van der Waals surface area contributed by atoms with Gasteiger partial charge in [-0.15, -0.1) is 0 Å². The summed E-state index contributed by atoms with van der Waals surface area (Å²) in [5.74, 6) is 0.172. The van der Waals surface area contributed by atoms with Crippen LogP contribution in [0.4, 0.5) is 5.69 Å². The number of anilines is 1. The van der Waals surface area contributed by atoms with Gasteiger partial charge in [-0.05, 0) is 61.9 Å². The Morgan fingerprint density at radius 2 is 1.76 bits per heavy atom. The zero-order valence-electron chi connectivity index (χ0n) is 14.1. The van der Waals surface area contributed by atoms with Gasteiger partial charge in [-0.1, -0.05) is 12.1 Å². The van der Waals surface area contributed by atoms with E-state index >= 15 is 0 Å². The van der Waals surface area contributed by atoms with Crippen LogP contribution >= 0.6 is 0 Å². The maximum Gasteiger partial charge on any atom is 0.266 e. The van der Waals surface area contributed by atoms with Gasteiger partial charge in [0, 0.05) is 11.3 Å². The fourth-order valence-electron chi connectivity index (χ4n) is 2.13. The summed E-state index contributed by atoms with van der Waals surface area (Å²) in [7, 11) is 0. The van der Waals surface area contributed by atoms with E-state index in [1.54, 1.807) is 48.5 Å². The van der Waals surface area contributed by atoms with Gasteiger partial charge in [0.25, 0.3) is 5.91 Å². The predicted molar refractivity (Wildman–Crippen MR) is 96.3 cm³/mol.